The van der Waals surface area contributed by atoms with Crippen LogP contribution in [-0.4, -0.2) is 6.54 Å². The lowest BCUT2D eigenvalue weighted by Gasteiger charge is -2.23. The van der Waals surface area contributed by atoms with E-state index in [-0.39, 0.29) is 18.0 Å². The van der Waals surface area contributed by atoms with Crippen LogP contribution in [-0.2, 0) is 6.61 Å². The molecule has 1 N–H and O–H groups in total. The number of rotatable bonds is 6. The molecule has 4 heteroatoms. The van der Waals surface area contributed by atoms with Crippen molar-refractivity contribution in [1.29, 1.82) is 0 Å². The van der Waals surface area contributed by atoms with Crippen molar-refractivity contribution in [2.45, 2.75) is 52.6 Å². The van der Waals surface area contributed by atoms with Crippen molar-refractivity contribution in [3.05, 3.63) is 58.7 Å². The van der Waals surface area contributed by atoms with Crippen LogP contribution in [0.1, 0.15) is 48.8 Å². The number of halogens is 2. The van der Waals surface area contributed by atoms with E-state index in [9.17, 15) is 8.78 Å². The number of nitrogens with one attached hydrogen (secondary N) is 1. The van der Waals surface area contributed by atoms with Gasteiger partial charge in [0, 0.05) is 6.54 Å². The second-order valence-electron chi connectivity index (χ2n) is 7.36. The molecular weight excluding hydrogens is 332 g/mol. The van der Waals surface area contributed by atoms with Gasteiger partial charge in [-0.3, -0.25) is 0 Å². The minimum atomic E-state index is -0.914. The van der Waals surface area contributed by atoms with Crippen LogP contribution in [0.15, 0.2) is 30.3 Å². The van der Waals surface area contributed by atoms with E-state index in [1.165, 1.54) is 19.3 Å². The van der Waals surface area contributed by atoms with Crippen molar-refractivity contribution in [3.63, 3.8) is 0 Å². The highest BCUT2D eigenvalue weighted by Gasteiger charge is 2.19. The minimum absolute atomic E-state index is 0.00806. The maximum atomic E-state index is 14.5. The van der Waals surface area contributed by atoms with Crippen molar-refractivity contribution >= 4 is 5.69 Å². The highest BCUT2D eigenvalue weighted by Crippen LogP contribution is 2.32. The molecule has 0 aromatic heterocycles. The first-order chi connectivity index (χ1) is 12.5. The topological polar surface area (TPSA) is 21.3 Å². The fourth-order valence-electron chi connectivity index (χ4n) is 3.53. The first-order valence-corrected chi connectivity index (χ1v) is 9.45. The van der Waals surface area contributed by atoms with Crippen LogP contribution >= 0.6 is 0 Å². The third kappa shape index (κ3) is 4.54. The van der Waals surface area contributed by atoms with Crippen molar-refractivity contribution < 1.29 is 13.5 Å². The predicted octanol–water partition coefficient (Wildman–Crippen LogP) is 6.15. The van der Waals surface area contributed by atoms with E-state index in [4.69, 9.17) is 4.74 Å². The number of hydrogen-bond donors (Lipinski definition) is 1. The first kappa shape index (κ1) is 18.7. The van der Waals surface area contributed by atoms with Crippen molar-refractivity contribution in [2.24, 2.45) is 5.92 Å². The Morgan fingerprint density at radius 1 is 1.00 bits per heavy atom. The monoisotopic (exact) mass is 359 g/mol. The fraction of sp³-hybridized carbons (Fsp3) is 0.455. The van der Waals surface area contributed by atoms with Crippen LogP contribution in [0, 0.1) is 31.4 Å². The van der Waals surface area contributed by atoms with E-state index in [1.807, 2.05) is 31.2 Å². The summed E-state index contributed by atoms with van der Waals surface area (Å²) >= 11 is 0. The Kier molecular flexibility index (Phi) is 6.12. The third-order valence-electron chi connectivity index (χ3n) is 5.16. The molecule has 0 atom stereocenters. The summed E-state index contributed by atoms with van der Waals surface area (Å²) in [4.78, 5) is 0. The van der Waals surface area contributed by atoms with Gasteiger partial charge in [0.15, 0.2) is 11.6 Å². The Labute approximate surface area is 154 Å². The first-order valence-electron chi connectivity index (χ1n) is 9.45. The molecule has 26 heavy (non-hydrogen) atoms. The fourth-order valence-corrected chi connectivity index (χ4v) is 3.53. The summed E-state index contributed by atoms with van der Waals surface area (Å²) in [6.45, 7) is 4.66. The van der Waals surface area contributed by atoms with Crippen LogP contribution < -0.4 is 10.1 Å². The number of aryl methyl sites for hydroxylation is 2. The van der Waals surface area contributed by atoms with Gasteiger partial charge in [-0.2, -0.15) is 4.39 Å². The lowest BCUT2D eigenvalue weighted by atomic mass is 9.89. The van der Waals surface area contributed by atoms with E-state index in [0.717, 1.165) is 24.0 Å². The van der Waals surface area contributed by atoms with Gasteiger partial charge in [0.25, 0.3) is 0 Å². The quantitative estimate of drug-likeness (QED) is 0.667. The average molecular weight is 359 g/mol. The van der Waals surface area contributed by atoms with Crippen LogP contribution in [0.5, 0.6) is 5.75 Å². The zero-order valence-corrected chi connectivity index (χ0v) is 15.6. The van der Waals surface area contributed by atoms with Gasteiger partial charge in [-0.15, -0.1) is 0 Å². The molecule has 0 radical (unpaired) electrons. The standard InChI is InChI=1S/C22H27F2NO/c1-15-8-10-18(11-9-15)14-26-22-16(2)12-19(20(23)21(22)24)25-13-17-6-4-3-5-7-17/h8-12,17,25H,3-7,13-14H2,1-2H3. The predicted molar refractivity (Wildman–Crippen MR) is 102 cm³/mol. The molecule has 0 amide bonds. The molecular formula is C22H27F2NO. The van der Waals surface area contributed by atoms with Crippen LogP contribution in [0.3, 0.4) is 0 Å². The van der Waals surface area contributed by atoms with Gasteiger partial charge in [0.05, 0.1) is 5.69 Å². The summed E-state index contributed by atoms with van der Waals surface area (Å²) in [5.41, 5.74) is 2.90. The Balaban J connectivity index is 1.67. The molecule has 2 aromatic carbocycles. The Bertz CT molecular complexity index is 737. The van der Waals surface area contributed by atoms with Gasteiger partial charge in [-0.25, -0.2) is 4.39 Å². The van der Waals surface area contributed by atoms with E-state index >= 15 is 0 Å². The highest BCUT2D eigenvalue weighted by molar-refractivity contribution is 5.53. The van der Waals surface area contributed by atoms with Gasteiger partial charge in [-0.1, -0.05) is 49.1 Å². The van der Waals surface area contributed by atoms with Gasteiger partial charge < -0.3 is 10.1 Å². The molecule has 0 bridgehead atoms. The number of ether oxygens (including phenoxy) is 1. The van der Waals surface area contributed by atoms with Gasteiger partial charge >= 0.3 is 0 Å². The second-order valence-corrected chi connectivity index (χ2v) is 7.36. The largest absolute Gasteiger partial charge is 0.485 e. The van der Waals surface area contributed by atoms with E-state index in [0.29, 0.717) is 18.0 Å². The third-order valence-corrected chi connectivity index (χ3v) is 5.16. The zero-order valence-electron chi connectivity index (χ0n) is 15.6. The molecule has 0 spiro atoms. The van der Waals surface area contributed by atoms with Gasteiger partial charge in [-0.05, 0) is 49.8 Å². The molecule has 3 rings (SSSR count). The number of anilines is 1. The lowest BCUT2D eigenvalue weighted by Crippen LogP contribution is -2.18. The number of hydrogen-bond acceptors (Lipinski definition) is 2. The maximum absolute atomic E-state index is 14.5. The number of benzene rings is 2. The van der Waals surface area contributed by atoms with Crippen molar-refractivity contribution in [1.82, 2.24) is 0 Å². The molecule has 0 heterocycles. The Hall–Kier alpha value is -2.10. The van der Waals surface area contributed by atoms with Crippen molar-refractivity contribution in [3.8, 4) is 5.75 Å². The smallest absolute Gasteiger partial charge is 0.203 e. The summed E-state index contributed by atoms with van der Waals surface area (Å²) in [5.74, 6) is -1.23. The maximum Gasteiger partial charge on any atom is 0.203 e. The summed E-state index contributed by atoms with van der Waals surface area (Å²) in [6, 6.07) is 9.45. The molecule has 2 nitrogen and oxygen atoms in total. The molecule has 0 saturated heterocycles. The normalized spacial score (nSPS) is 15.1. The van der Waals surface area contributed by atoms with Crippen LogP contribution in [0.2, 0.25) is 0 Å². The lowest BCUT2D eigenvalue weighted by molar-refractivity contribution is 0.282. The zero-order chi connectivity index (χ0) is 18.5. The molecule has 0 unspecified atom stereocenters. The summed E-state index contributed by atoms with van der Waals surface area (Å²) < 4.78 is 34.6. The molecule has 0 aliphatic heterocycles. The van der Waals surface area contributed by atoms with E-state index in [2.05, 4.69) is 5.32 Å². The Morgan fingerprint density at radius 2 is 1.69 bits per heavy atom. The molecule has 1 saturated carbocycles. The van der Waals surface area contributed by atoms with Crippen molar-refractivity contribution in [2.75, 3.05) is 11.9 Å². The van der Waals surface area contributed by atoms with Gasteiger partial charge in [0.2, 0.25) is 5.82 Å². The molecule has 140 valence electrons. The molecule has 1 aliphatic carbocycles. The molecule has 1 aliphatic rings. The highest BCUT2D eigenvalue weighted by atomic mass is 19.2. The average Bonchev–Trinajstić information content (AvgIpc) is 2.66. The van der Waals surface area contributed by atoms with Crippen LogP contribution in [0.4, 0.5) is 14.5 Å². The Morgan fingerprint density at radius 3 is 2.38 bits per heavy atom. The SMILES string of the molecule is Cc1ccc(COc2c(C)cc(NCC3CCCCC3)c(F)c2F)cc1. The van der Waals surface area contributed by atoms with Gasteiger partial charge in [0.1, 0.15) is 6.61 Å². The summed E-state index contributed by atoms with van der Waals surface area (Å²) in [5, 5.41) is 3.10. The van der Waals surface area contributed by atoms with E-state index < -0.39 is 11.6 Å². The minimum Gasteiger partial charge on any atom is -0.485 e. The molecule has 1 fully saturated rings. The summed E-state index contributed by atoms with van der Waals surface area (Å²) in [7, 11) is 0. The van der Waals surface area contributed by atoms with Crippen LogP contribution in [0.25, 0.3) is 0 Å². The van der Waals surface area contributed by atoms with E-state index in [1.54, 1.807) is 13.0 Å². The second kappa shape index (κ2) is 8.52. The molecule has 2 aromatic rings. The summed E-state index contributed by atoms with van der Waals surface area (Å²) in [6.07, 6.45) is 6.06.